The second kappa shape index (κ2) is 6.76. The zero-order valence-electron chi connectivity index (χ0n) is 12.2. The first-order chi connectivity index (χ1) is 9.26. The number of aryl methyl sites for hydroxylation is 1. The molecule has 0 saturated heterocycles. The topological polar surface area (TPSA) is 49.8 Å². The summed E-state index contributed by atoms with van der Waals surface area (Å²) >= 11 is 0. The first-order valence-electron chi connectivity index (χ1n) is 6.71. The van der Waals surface area contributed by atoms with Gasteiger partial charge in [0, 0.05) is 24.6 Å². The predicted molar refractivity (Wildman–Crippen MR) is 74.1 cm³/mol. The lowest BCUT2D eigenvalue weighted by Gasteiger charge is -2.19. The Morgan fingerprint density at radius 1 is 1.15 bits per heavy atom. The minimum atomic E-state index is -4.19. The third kappa shape index (κ3) is 4.86. The molecule has 0 aliphatic heterocycles. The third-order valence-corrected chi connectivity index (χ3v) is 2.77. The Kier molecular flexibility index (Phi) is 5.59. The van der Waals surface area contributed by atoms with Crippen LogP contribution in [0.3, 0.4) is 0 Å². The highest BCUT2D eigenvalue weighted by molar-refractivity contribution is 5.57. The molecule has 1 rings (SSSR count). The predicted octanol–water partition coefficient (Wildman–Crippen LogP) is 3.53. The van der Waals surface area contributed by atoms with Gasteiger partial charge in [0.05, 0.1) is 6.42 Å². The summed E-state index contributed by atoms with van der Waals surface area (Å²) in [6.07, 6.45) is -4.46. The Bertz CT molecular complexity index is 446. The van der Waals surface area contributed by atoms with Gasteiger partial charge in [0.2, 0.25) is 0 Å². The van der Waals surface area contributed by atoms with Crippen molar-refractivity contribution < 1.29 is 13.2 Å². The number of hydrogen-bond acceptors (Lipinski definition) is 4. The van der Waals surface area contributed by atoms with Crippen molar-refractivity contribution in [2.45, 2.75) is 52.8 Å². The van der Waals surface area contributed by atoms with E-state index in [1.165, 1.54) is 6.92 Å². The van der Waals surface area contributed by atoms with E-state index < -0.39 is 18.6 Å². The molecule has 0 amide bonds. The fourth-order valence-electron chi connectivity index (χ4n) is 1.83. The molecule has 0 spiro atoms. The molecule has 1 aromatic heterocycles. The number of halogens is 3. The van der Waals surface area contributed by atoms with Crippen molar-refractivity contribution in [3.8, 4) is 0 Å². The van der Waals surface area contributed by atoms with Crippen LogP contribution in [-0.2, 0) is 6.42 Å². The van der Waals surface area contributed by atoms with Crippen molar-refractivity contribution in [2.75, 3.05) is 17.2 Å². The molecule has 1 atom stereocenters. The summed E-state index contributed by atoms with van der Waals surface area (Å²) in [6, 6.07) is -0.734. The van der Waals surface area contributed by atoms with E-state index in [0.717, 1.165) is 5.56 Å². The van der Waals surface area contributed by atoms with E-state index in [4.69, 9.17) is 0 Å². The zero-order chi connectivity index (χ0) is 15.3. The maximum absolute atomic E-state index is 12.4. The molecule has 1 aromatic rings. The van der Waals surface area contributed by atoms with Gasteiger partial charge in [-0.05, 0) is 20.8 Å². The number of nitrogens with zero attached hydrogens (tertiary/aromatic N) is 2. The minimum Gasteiger partial charge on any atom is -0.370 e. The Hall–Kier alpha value is -1.53. The molecule has 2 N–H and O–H groups in total. The largest absolute Gasteiger partial charge is 0.391 e. The van der Waals surface area contributed by atoms with Crippen molar-refractivity contribution in [3.05, 3.63) is 11.4 Å². The average molecular weight is 290 g/mol. The maximum Gasteiger partial charge on any atom is 0.391 e. The highest BCUT2D eigenvalue weighted by Gasteiger charge is 2.30. The number of anilines is 2. The van der Waals surface area contributed by atoms with Crippen molar-refractivity contribution in [1.29, 1.82) is 0 Å². The van der Waals surface area contributed by atoms with Crippen LogP contribution in [0.5, 0.6) is 0 Å². The van der Waals surface area contributed by atoms with Crippen LogP contribution in [-0.4, -0.2) is 28.7 Å². The van der Waals surface area contributed by atoms with Gasteiger partial charge in [0.15, 0.2) is 0 Å². The Morgan fingerprint density at radius 2 is 1.75 bits per heavy atom. The van der Waals surface area contributed by atoms with Gasteiger partial charge in [-0.25, -0.2) is 9.97 Å². The molecule has 4 nitrogen and oxygen atoms in total. The van der Waals surface area contributed by atoms with Crippen LogP contribution in [0.4, 0.5) is 24.8 Å². The van der Waals surface area contributed by atoms with Crippen LogP contribution in [0, 0.1) is 6.92 Å². The lowest BCUT2D eigenvalue weighted by molar-refractivity contribution is -0.136. The summed E-state index contributed by atoms with van der Waals surface area (Å²) in [4.78, 5) is 8.61. The molecule has 20 heavy (non-hydrogen) atoms. The standard InChI is InChI=1S/C13H21F3N4/c1-5-10-19-11(17-6-2)9(4)12(20-10)18-8(3)7-13(14,15)16/h8H,5-7H2,1-4H3,(H2,17,18,19,20). The first-order valence-corrected chi connectivity index (χ1v) is 6.71. The molecule has 0 aliphatic rings. The van der Waals surface area contributed by atoms with Crippen LogP contribution in [0.25, 0.3) is 0 Å². The van der Waals surface area contributed by atoms with E-state index in [2.05, 4.69) is 20.6 Å². The molecule has 0 aliphatic carbocycles. The summed E-state index contributed by atoms with van der Waals surface area (Å²) in [5.74, 6) is 1.74. The summed E-state index contributed by atoms with van der Waals surface area (Å²) in [7, 11) is 0. The summed E-state index contributed by atoms with van der Waals surface area (Å²) in [5.41, 5.74) is 0.734. The monoisotopic (exact) mass is 290 g/mol. The van der Waals surface area contributed by atoms with Gasteiger partial charge in [-0.3, -0.25) is 0 Å². The molecule has 1 unspecified atom stereocenters. The van der Waals surface area contributed by atoms with Crippen LogP contribution < -0.4 is 10.6 Å². The molecule has 0 bridgehead atoms. The fourth-order valence-corrected chi connectivity index (χ4v) is 1.83. The molecular weight excluding hydrogens is 269 g/mol. The summed E-state index contributed by atoms with van der Waals surface area (Å²) < 4.78 is 37.1. The van der Waals surface area contributed by atoms with Crippen LogP contribution in [0.15, 0.2) is 0 Å². The van der Waals surface area contributed by atoms with Gasteiger partial charge in [0.25, 0.3) is 0 Å². The normalized spacial score (nSPS) is 13.2. The molecule has 7 heteroatoms. The summed E-state index contributed by atoms with van der Waals surface area (Å²) in [6.45, 7) is 7.82. The Morgan fingerprint density at radius 3 is 2.25 bits per heavy atom. The second-order valence-electron chi connectivity index (χ2n) is 4.71. The zero-order valence-corrected chi connectivity index (χ0v) is 12.2. The first kappa shape index (κ1) is 16.5. The molecule has 1 heterocycles. The van der Waals surface area contributed by atoms with E-state index >= 15 is 0 Å². The van der Waals surface area contributed by atoms with Crippen LogP contribution in [0.1, 0.15) is 38.6 Å². The molecule has 0 radical (unpaired) electrons. The second-order valence-corrected chi connectivity index (χ2v) is 4.71. The lowest BCUT2D eigenvalue weighted by Crippen LogP contribution is -2.25. The molecular formula is C13H21F3N4. The van der Waals surface area contributed by atoms with Crippen molar-refractivity contribution in [3.63, 3.8) is 0 Å². The van der Waals surface area contributed by atoms with Gasteiger partial charge >= 0.3 is 6.18 Å². The highest BCUT2D eigenvalue weighted by Crippen LogP contribution is 2.25. The van der Waals surface area contributed by atoms with Crippen LogP contribution in [0.2, 0.25) is 0 Å². The lowest BCUT2D eigenvalue weighted by atomic mass is 10.2. The maximum atomic E-state index is 12.4. The van der Waals surface area contributed by atoms with Gasteiger partial charge in [0.1, 0.15) is 17.5 Å². The van der Waals surface area contributed by atoms with E-state index in [0.29, 0.717) is 30.4 Å². The number of hydrogen-bond donors (Lipinski definition) is 2. The molecule has 0 aromatic carbocycles. The molecule has 114 valence electrons. The number of alkyl halides is 3. The van der Waals surface area contributed by atoms with Crippen molar-refractivity contribution >= 4 is 11.6 Å². The van der Waals surface area contributed by atoms with Gasteiger partial charge in [-0.15, -0.1) is 0 Å². The van der Waals surface area contributed by atoms with Gasteiger partial charge in [-0.2, -0.15) is 13.2 Å². The van der Waals surface area contributed by atoms with Crippen LogP contribution >= 0.6 is 0 Å². The van der Waals surface area contributed by atoms with Gasteiger partial charge < -0.3 is 10.6 Å². The number of nitrogens with one attached hydrogen (secondary N) is 2. The number of rotatable bonds is 6. The number of aromatic nitrogens is 2. The van der Waals surface area contributed by atoms with E-state index in [1.54, 1.807) is 6.92 Å². The van der Waals surface area contributed by atoms with Crippen molar-refractivity contribution in [2.24, 2.45) is 0 Å². The third-order valence-electron chi connectivity index (χ3n) is 2.77. The SMILES string of the molecule is CCNc1nc(CC)nc(NC(C)CC(F)(F)F)c1C. The Balaban J connectivity index is 2.95. The van der Waals surface area contributed by atoms with Gasteiger partial charge in [-0.1, -0.05) is 6.92 Å². The quantitative estimate of drug-likeness (QED) is 0.841. The summed E-state index contributed by atoms with van der Waals surface area (Å²) in [5, 5.41) is 5.93. The molecule has 0 fully saturated rings. The highest BCUT2D eigenvalue weighted by atomic mass is 19.4. The minimum absolute atomic E-state index is 0.463. The van der Waals surface area contributed by atoms with E-state index in [-0.39, 0.29) is 0 Å². The van der Waals surface area contributed by atoms with E-state index in [9.17, 15) is 13.2 Å². The fraction of sp³-hybridized carbons (Fsp3) is 0.692. The average Bonchev–Trinajstić information content (AvgIpc) is 2.31. The smallest absolute Gasteiger partial charge is 0.370 e. The van der Waals surface area contributed by atoms with E-state index in [1.807, 2.05) is 13.8 Å². The Labute approximate surface area is 117 Å². The molecule has 0 saturated carbocycles. The van der Waals surface area contributed by atoms with Crippen molar-refractivity contribution in [1.82, 2.24) is 9.97 Å².